The van der Waals surface area contributed by atoms with Crippen molar-refractivity contribution in [2.24, 2.45) is 10.8 Å². The molecule has 0 nitrogen and oxygen atoms in total. The van der Waals surface area contributed by atoms with Crippen LogP contribution in [0.3, 0.4) is 0 Å². The summed E-state index contributed by atoms with van der Waals surface area (Å²) < 4.78 is 0. The number of fused-ring (bicyclic) bond motifs is 1. The summed E-state index contributed by atoms with van der Waals surface area (Å²) in [6.45, 7) is 12.8. The maximum absolute atomic E-state index is 3.28. The molecule has 0 saturated carbocycles. The zero-order chi connectivity index (χ0) is 16.4. The van der Waals surface area contributed by atoms with Crippen molar-refractivity contribution in [3.05, 3.63) is 47.5 Å². The van der Waals surface area contributed by atoms with Crippen LogP contribution >= 0.6 is 0 Å². The maximum Gasteiger partial charge on any atom is 0.0251 e. The van der Waals surface area contributed by atoms with Gasteiger partial charge in [-0.2, -0.15) is 0 Å². The molecule has 0 fully saturated rings. The van der Waals surface area contributed by atoms with E-state index in [0.717, 1.165) is 11.1 Å². The monoisotopic (exact) mass is 288 g/mol. The summed E-state index contributed by atoms with van der Waals surface area (Å²) in [6, 6.07) is 12.7. The summed E-state index contributed by atoms with van der Waals surface area (Å²) in [5, 5.41) is 2.42. The average molecular weight is 288 g/mol. The van der Waals surface area contributed by atoms with Gasteiger partial charge in [-0.25, -0.2) is 0 Å². The molecule has 2 aromatic carbocycles. The lowest BCUT2D eigenvalue weighted by Gasteiger charge is -2.07. The van der Waals surface area contributed by atoms with Crippen LogP contribution < -0.4 is 0 Å². The molecule has 0 heteroatoms. The topological polar surface area (TPSA) is 0 Å². The van der Waals surface area contributed by atoms with Crippen molar-refractivity contribution in [1.29, 1.82) is 0 Å². The molecule has 2 aromatic rings. The van der Waals surface area contributed by atoms with E-state index in [1.54, 1.807) is 0 Å². The van der Waals surface area contributed by atoms with Crippen LogP contribution in [-0.4, -0.2) is 0 Å². The van der Waals surface area contributed by atoms with E-state index in [-0.39, 0.29) is 10.8 Å². The van der Waals surface area contributed by atoms with E-state index in [0.29, 0.717) is 0 Å². The van der Waals surface area contributed by atoms with E-state index in [1.165, 1.54) is 10.8 Å². The molecule has 0 aliphatic carbocycles. The molecule has 22 heavy (non-hydrogen) atoms. The van der Waals surface area contributed by atoms with E-state index < -0.39 is 0 Å². The van der Waals surface area contributed by atoms with Gasteiger partial charge in [0.2, 0.25) is 0 Å². The highest BCUT2D eigenvalue weighted by atomic mass is 14.1. The third kappa shape index (κ3) is 4.98. The Kier molecular flexibility index (Phi) is 4.35. The molecule has 0 bridgehead atoms. The van der Waals surface area contributed by atoms with Gasteiger partial charge in [-0.05, 0) is 76.6 Å². The van der Waals surface area contributed by atoms with Gasteiger partial charge in [0.25, 0.3) is 0 Å². The zero-order valence-corrected chi connectivity index (χ0v) is 14.5. The van der Waals surface area contributed by atoms with E-state index in [2.05, 4.69) is 102 Å². The Bertz CT molecular complexity index is 729. The van der Waals surface area contributed by atoms with Gasteiger partial charge in [0.1, 0.15) is 0 Å². The Balaban J connectivity index is 2.36. The smallest absolute Gasteiger partial charge is 0.0251 e. The van der Waals surface area contributed by atoms with Crippen LogP contribution in [0.5, 0.6) is 0 Å². The van der Waals surface area contributed by atoms with Crippen molar-refractivity contribution < 1.29 is 0 Å². The minimum Gasteiger partial charge on any atom is -0.0920 e. The van der Waals surface area contributed by atoms with Crippen molar-refractivity contribution in [2.45, 2.75) is 41.5 Å². The highest BCUT2D eigenvalue weighted by molar-refractivity contribution is 5.85. The van der Waals surface area contributed by atoms with E-state index in [1.807, 2.05) is 0 Å². The third-order valence-corrected chi connectivity index (χ3v) is 3.00. The molecule has 0 saturated heterocycles. The fraction of sp³-hybridized carbons (Fsp3) is 0.364. The van der Waals surface area contributed by atoms with Gasteiger partial charge in [-0.1, -0.05) is 35.8 Å². The molecule has 0 aromatic heterocycles. The standard InChI is InChI=1S/C22H24/c1-21(2,3)13-11-17-7-9-20-16-18(8-10-19(20)15-17)12-14-22(4,5)6/h7-10,15-16H,1-6H3. The van der Waals surface area contributed by atoms with Crippen molar-refractivity contribution >= 4 is 10.8 Å². The Morgan fingerprint density at radius 1 is 0.591 bits per heavy atom. The van der Waals surface area contributed by atoms with Gasteiger partial charge in [-0.15, -0.1) is 0 Å². The fourth-order valence-electron chi connectivity index (χ4n) is 1.92. The summed E-state index contributed by atoms with van der Waals surface area (Å²) >= 11 is 0. The normalized spacial score (nSPS) is 11.4. The molecule has 112 valence electrons. The highest BCUT2D eigenvalue weighted by Crippen LogP contribution is 2.19. The fourth-order valence-corrected chi connectivity index (χ4v) is 1.92. The summed E-state index contributed by atoms with van der Waals surface area (Å²) in [5.41, 5.74) is 2.19. The van der Waals surface area contributed by atoms with Gasteiger partial charge >= 0.3 is 0 Å². The summed E-state index contributed by atoms with van der Waals surface area (Å²) in [7, 11) is 0. The number of hydrogen-bond acceptors (Lipinski definition) is 0. The van der Waals surface area contributed by atoms with Crippen LogP contribution in [0.4, 0.5) is 0 Å². The molecule has 0 atom stereocenters. The second kappa shape index (κ2) is 5.90. The van der Waals surface area contributed by atoms with Crippen LogP contribution in [0, 0.1) is 34.5 Å². The molecule has 0 aliphatic heterocycles. The molecule has 0 spiro atoms. The van der Waals surface area contributed by atoms with Crippen LogP contribution in [0.15, 0.2) is 36.4 Å². The first-order valence-corrected chi connectivity index (χ1v) is 7.73. The number of rotatable bonds is 0. The molecule has 0 aliphatic rings. The molecule has 0 unspecified atom stereocenters. The van der Waals surface area contributed by atoms with E-state index in [4.69, 9.17) is 0 Å². The van der Waals surface area contributed by atoms with Crippen molar-refractivity contribution in [2.75, 3.05) is 0 Å². The third-order valence-electron chi connectivity index (χ3n) is 3.00. The Morgan fingerprint density at radius 2 is 0.955 bits per heavy atom. The van der Waals surface area contributed by atoms with Gasteiger partial charge in [0.15, 0.2) is 0 Å². The van der Waals surface area contributed by atoms with Crippen molar-refractivity contribution in [3.63, 3.8) is 0 Å². The lowest BCUT2D eigenvalue weighted by Crippen LogP contribution is -1.99. The molecule has 0 N–H and O–H groups in total. The Morgan fingerprint density at radius 3 is 1.27 bits per heavy atom. The summed E-state index contributed by atoms with van der Waals surface area (Å²) in [6.07, 6.45) is 0. The molecule has 0 radical (unpaired) electrons. The van der Waals surface area contributed by atoms with Gasteiger partial charge < -0.3 is 0 Å². The van der Waals surface area contributed by atoms with Crippen LogP contribution in [0.2, 0.25) is 0 Å². The molecule has 2 rings (SSSR count). The highest BCUT2D eigenvalue weighted by Gasteiger charge is 2.04. The summed E-state index contributed by atoms with van der Waals surface area (Å²) in [4.78, 5) is 0. The second-order valence-corrected chi connectivity index (χ2v) is 7.78. The Hall–Kier alpha value is -2.18. The van der Waals surface area contributed by atoms with Crippen LogP contribution in [-0.2, 0) is 0 Å². The predicted molar refractivity (Wildman–Crippen MR) is 96.6 cm³/mol. The van der Waals surface area contributed by atoms with E-state index in [9.17, 15) is 0 Å². The quantitative estimate of drug-likeness (QED) is 0.551. The lowest BCUT2D eigenvalue weighted by atomic mass is 9.96. The first kappa shape index (κ1) is 16.2. The average Bonchev–Trinajstić information content (AvgIpc) is 2.41. The zero-order valence-electron chi connectivity index (χ0n) is 14.5. The van der Waals surface area contributed by atoms with E-state index >= 15 is 0 Å². The minimum absolute atomic E-state index is 0.0291. The first-order chi connectivity index (χ1) is 10.1. The second-order valence-electron chi connectivity index (χ2n) is 7.78. The lowest BCUT2D eigenvalue weighted by molar-refractivity contribution is 0.570. The largest absolute Gasteiger partial charge is 0.0920 e. The maximum atomic E-state index is 3.28. The molecule has 0 amide bonds. The van der Waals surface area contributed by atoms with Gasteiger partial charge in [0, 0.05) is 22.0 Å². The van der Waals surface area contributed by atoms with Crippen LogP contribution in [0.1, 0.15) is 52.7 Å². The first-order valence-electron chi connectivity index (χ1n) is 7.73. The SMILES string of the molecule is CC(C)(C)C#Cc1ccc2cc(C#CC(C)(C)C)ccc2c1. The minimum atomic E-state index is 0.0291. The van der Waals surface area contributed by atoms with Crippen LogP contribution in [0.25, 0.3) is 10.8 Å². The van der Waals surface area contributed by atoms with Gasteiger partial charge in [-0.3, -0.25) is 0 Å². The molecular formula is C22H24. The predicted octanol–water partition coefficient (Wildman–Crippen LogP) is 5.64. The molecule has 0 heterocycles. The number of hydrogen-bond donors (Lipinski definition) is 0. The van der Waals surface area contributed by atoms with Gasteiger partial charge in [0.05, 0.1) is 0 Å². The molecular weight excluding hydrogens is 264 g/mol. The van der Waals surface area contributed by atoms with Crippen molar-refractivity contribution in [1.82, 2.24) is 0 Å². The number of benzene rings is 2. The Labute approximate surface area is 134 Å². The summed E-state index contributed by atoms with van der Waals surface area (Å²) in [5.74, 6) is 13.1. The van der Waals surface area contributed by atoms with Crippen molar-refractivity contribution in [3.8, 4) is 23.7 Å².